The van der Waals surface area contributed by atoms with Gasteiger partial charge in [0.15, 0.2) is 12.8 Å². The van der Waals surface area contributed by atoms with Gasteiger partial charge in [-0.15, -0.1) is 0 Å². The summed E-state index contributed by atoms with van der Waals surface area (Å²) >= 11 is 5.68. The lowest BCUT2D eigenvalue weighted by Gasteiger charge is -1.98. The Kier molecular flexibility index (Phi) is 3.11. The Morgan fingerprint density at radius 3 is 2.50 bits per heavy atom. The van der Waals surface area contributed by atoms with Gasteiger partial charge in [0.2, 0.25) is 0 Å². The molecular formula is C9H10ClNO. The molecule has 0 N–H and O–H groups in total. The molecule has 0 aliphatic heterocycles. The molecule has 0 atom stereocenters. The van der Waals surface area contributed by atoms with Crippen molar-refractivity contribution < 1.29 is 4.74 Å². The van der Waals surface area contributed by atoms with E-state index in [-0.39, 0.29) is 0 Å². The minimum atomic E-state index is 0.461. The molecule has 64 valence electrons. The highest BCUT2D eigenvalue weighted by atomic mass is 35.5. The maximum Gasteiger partial charge on any atom is 0.181 e. The normalized spacial score (nSPS) is 11.7. The smallest absolute Gasteiger partial charge is 0.181 e. The van der Waals surface area contributed by atoms with E-state index < -0.39 is 0 Å². The van der Waals surface area contributed by atoms with Gasteiger partial charge in [-0.3, -0.25) is 0 Å². The van der Waals surface area contributed by atoms with Crippen molar-refractivity contribution >= 4 is 17.8 Å². The van der Waals surface area contributed by atoms with E-state index in [1.807, 2.05) is 12.1 Å². The van der Waals surface area contributed by atoms with E-state index in [1.165, 1.54) is 6.21 Å². The van der Waals surface area contributed by atoms with Crippen LogP contribution in [0.5, 0.6) is 0 Å². The van der Waals surface area contributed by atoms with Crippen LogP contribution in [0.25, 0.3) is 0 Å². The summed E-state index contributed by atoms with van der Waals surface area (Å²) in [7, 11) is 0. The number of rotatable bonds is 2. The third-order valence-electron chi connectivity index (χ3n) is 1.47. The monoisotopic (exact) mass is 183 g/mol. The van der Waals surface area contributed by atoms with E-state index in [4.69, 9.17) is 11.6 Å². The van der Waals surface area contributed by atoms with E-state index in [0.717, 1.165) is 10.3 Å². The van der Waals surface area contributed by atoms with E-state index in [1.54, 1.807) is 19.1 Å². The Bertz CT molecular complexity index is 279. The summed E-state index contributed by atoms with van der Waals surface area (Å²) in [6, 6.07) is 7.14. The molecule has 0 bridgehead atoms. The van der Waals surface area contributed by atoms with Gasteiger partial charge in [-0.25, -0.2) is 4.74 Å². The van der Waals surface area contributed by atoms with Crippen molar-refractivity contribution in [3.63, 3.8) is 0 Å². The Hall–Kier alpha value is -1.02. The Morgan fingerprint density at radius 2 is 2.00 bits per heavy atom. The van der Waals surface area contributed by atoms with E-state index in [9.17, 15) is 5.21 Å². The van der Waals surface area contributed by atoms with Crippen LogP contribution in [0.2, 0.25) is 5.02 Å². The summed E-state index contributed by atoms with van der Waals surface area (Å²) < 4.78 is 0.878. The lowest BCUT2D eigenvalue weighted by Crippen LogP contribution is -2.03. The third-order valence-corrected chi connectivity index (χ3v) is 1.73. The fraction of sp³-hybridized carbons (Fsp3) is 0.222. The number of halogens is 1. The second-order valence-corrected chi connectivity index (χ2v) is 2.85. The number of hydrogen-bond acceptors (Lipinski definition) is 1. The largest absolute Gasteiger partial charge is 0.624 e. The SMILES string of the molecule is CC/[N+]([O-])=C/c1ccc(Cl)cc1. The molecule has 0 saturated heterocycles. The molecule has 2 nitrogen and oxygen atoms in total. The first-order chi connectivity index (χ1) is 5.72. The Balaban J connectivity index is 2.84. The minimum Gasteiger partial charge on any atom is -0.624 e. The third kappa shape index (κ3) is 2.55. The van der Waals surface area contributed by atoms with Crippen LogP contribution in [0, 0.1) is 5.21 Å². The van der Waals surface area contributed by atoms with Gasteiger partial charge in [-0.2, -0.15) is 0 Å². The molecular weight excluding hydrogens is 174 g/mol. The average molecular weight is 184 g/mol. The zero-order valence-electron chi connectivity index (χ0n) is 6.83. The molecule has 1 aromatic carbocycles. The number of nitrogens with zero attached hydrogens (tertiary/aromatic N) is 1. The van der Waals surface area contributed by atoms with Crippen molar-refractivity contribution in [2.45, 2.75) is 6.92 Å². The standard InChI is InChI=1S/C9H10ClNO/c1-2-11(12)7-8-3-5-9(10)6-4-8/h3-7H,2H2,1H3/b11-7-. The first kappa shape index (κ1) is 9.07. The van der Waals surface area contributed by atoms with Gasteiger partial charge < -0.3 is 5.21 Å². The van der Waals surface area contributed by atoms with Crippen LogP contribution >= 0.6 is 11.6 Å². The zero-order valence-corrected chi connectivity index (χ0v) is 7.58. The summed E-state index contributed by atoms with van der Waals surface area (Å²) in [4.78, 5) is 0. The van der Waals surface area contributed by atoms with Crippen LogP contribution in [0.1, 0.15) is 12.5 Å². The molecule has 3 heteroatoms. The molecule has 1 aromatic rings. The maximum atomic E-state index is 10.9. The van der Waals surface area contributed by atoms with Crippen LogP contribution in [0.4, 0.5) is 0 Å². The Labute approximate surface area is 76.7 Å². The zero-order chi connectivity index (χ0) is 8.97. The van der Waals surface area contributed by atoms with Gasteiger partial charge >= 0.3 is 0 Å². The number of hydrogen-bond donors (Lipinski definition) is 0. The number of benzene rings is 1. The Morgan fingerprint density at radius 1 is 1.42 bits per heavy atom. The summed E-state index contributed by atoms with van der Waals surface area (Å²) in [5.41, 5.74) is 0.872. The van der Waals surface area contributed by atoms with Crippen molar-refractivity contribution in [1.29, 1.82) is 0 Å². The lowest BCUT2D eigenvalue weighted by molar-refractivity contribution is -0.447. The van der Waals surface area contributed by atoms with E-state index in [2.05, 4.69) is 0 Å². The van der Waals surface area contributed by atoms with Crippen molar-refractivity contribution in [3.8, 4) is 0 Å². The topological polar surface area (TPSA) is 26.1 Å². The predicted octanol–water partition coefficient (Wildman–Crippen LogP) is 2.29. The van der Waals surface area contributed by atoms with Gasteiger partial charge in [-0.1, -0.05) is 11.6 Å². The molecule has 0 saturated carbocycles. The van der Waals surface area contributed by atoms with Gasteiger partial charge in [0.25, 0.3) is 0 Å². The summed E-state index contributed by atoms with van der Waals surface area (Å²) in [5, 5.41) is 11.6. The molecule has 0 aliphatic carbocycles. The van der Waals surface area contributed by atoms with E-state index >= 15 is 0 Å². The maximum absolute atomic E-state index is 10.9. The van der Waals surface area contributed by atoms with Gasteiger partial charge in [-0.05, 0) is 31.2 Å². The average Bonchev–Trinajstić information content (AvgIpc) is 2.09. The van der Waals surface area contributed by atoms with Crippen LogP contribution in [-0.4, -0.2) is 17.5 Å². The lowest BCUT2D eigenvalue weighted by atomic mass is 10.2. The summed E-state index contributed by atoms with van der Waals surface area (Å²) in [6.45, 7) is 2.27. The van der Waals surface area contributed by atoms with Crippen LogP contribution in [-0.2, 0) is 0 Å². The summed E-state index contributed by atoms with van der Waals surface area (Å²) in [6.07, 6.45) is 1.54. The van der Waals surface area contributed by atoms with Crippen molar-refractivity contribution in [1.82, 2.24) is 0 Å². The highest BCUT2D eigenvalue weighted by Gasteiger charge is 1.92. The molecule has 1 rings (SSSR count). The van der Waals surface area contributed by atoms with Gasteiger partial charge in [0.1, 0.15) is 0 Å². The first-order valence-electron chi connectivity index (χ1n) is 3.76. The molecule has 0 amide bonds. The van der Waals surface area contributed by atoms with E-state index in [0.29, 0.717) is 11.6 Å². The van der Waals surface area contributed by atoms with Gasteiger partial charge in [0.05, 0.1) is 0 Å². The first-order valence-corrected chi connectivity index (χ1v) is 4.14. The second-order valence-electron chi connectivity index (χ2n) is 2.41. The molecule has 0 unspecified atom stereocenters. The minimum absolute atomic E-state index is 0.461. The van der Waals surface area contributed by atoms with Crippen molar-refractivity contribution in [2.24, 2.45) is 0 Å². The summed E-state index contributed by atoms with van der Waals surface area (Å²) in [5.74, 6) is 0. The highest BCUT2D eigenvalue weighted by molar-refractivity contribution is 6.30. The molecule has 0 aliphatic rings. The quantitative estimate of drug-likeness (QED) is 0.299. The molecule has 0 heterocycles. The predicted molar refractivity (Wildman–Crippen MR) is 50.8 cm³/mol. The fourth-order valence-corrected chi connectivity index (χ4v) is 0.932. The highest BCUT2D eigenvalue weighted by Crippen LogP contribution is 2.07. The van der Waals surface area contributed by atoms with Crippen molar-refractivity contribution in [2.75, 3.05) is 6.54 Å². The van der Waals surface area contributed by atoms with Crippen LogP contribution in [0.3, 0.4) is 0 Å². The molecule has 0 fully saturated rings. The molecule has 0 spiro atoms. The number of hydroxylamine groups is 1. The van der Waals surface area contributed by atoms with Crippen LogP contribution in [0.15, 0.2) is 24.3 Å². The molecule has 12 heavy (non-hydrogen) atoms. The molecule has 0 radical (unpaired) electrons. The van der Waals surface area contributed by atoms with Gasteiger partial charge in [0, 0.05) is 10.6 Å². The molecule has 0 aromatic heterocycles. The van der Waals surface area contributed by atoms with Crippen molar-refractivity contribution in [3.05, 3.63) is 40.1 Å². The van der Waals surface area contributed by atoms with Crippen LogP contribution < -0.4 is 0 Å². The second kappa shape index (κ2) is 4.12. The fourth-order valence-electron chi connectivity index (χ4n) is 0.806.